The van der Waals surface area contributed by atoms with Crippen LogP contribution in [0.25, 0.3) is 0 Å². The summed E-state index contributed by atoms with van der Waals surface area (Å²) in [5.74, 6) is 4.10. The van der Waals surface area contributed by atoms with Crippen LogP contribution in [0.4, 0.5) is 0 Å². The lowest BCUT2D eigenvalue weighted by atomic mass is 9.47. The molecule has 1 heterocycles. The Labute approximate surface area is 150 Å². The smallest absolute Gasteiger partial charge is 0.140 e. The van der Waals surface area contributed by atoms with Gasteiger partial charge in [-0.3, -0.25) is 0 Å². The van der Waals surface area contributed by atoms with Gasteiger partial charge in [0.2, 0.25) is 0 Å². The van der Waals surface area contributed by atoms with Crippen molar-refractivity contribution in [1.82, 2.24) is 5.16 Å². The van der Waals surface area contributed by atoms with Crippen molar-refractivity contribution < 1.29 is 9.63 Å². The van der Waals surface area contributed by atoms with Gasteiger partial charge in [0.15, 0.2) is 0 Å². The van der Waals surface area contributed by atoms with Crippen LogP contribution < -0.4 is 0 Å². The Balaban J connectivity index is 1.47. The minimum atomic E-state index is -0.105. The Bertz CT molecular complexity index is 680. The monoisotopic (exact) mass is 341 g/mol. The number of aliphatic hydroxyl groups is 1. The summed E-state index contributed by atoms with van der Waals surface area (Å²) in [6.45, 7) is 5.04. The van der Waals surface area contributed by atoms with E-state index in [1.807, 2.05) is 6.20 Å². The van der Waals surface area contributed by atoms with Crippen molar-refractivity contribution in [3.05, 3.63) is 29.7 Å². The lowest BCUT2D eigenvalue weighted by Crippen LogP contribution is -2.50. The first-order valence-electron chi connectivity index (χ1n) is 10.3. The van der Waals surface area contributed by atoms with Crippen LogP contribution in [0.1, 0.15) is 76.9 Å². The van der Waals surface area contributed by atoms with Crippen molar-refractivity contribution in [3.63, 3.8) is 0 Å². The molecule has 3 nitrogen and oxygen atoms in total. The Morgan fingerprint density at radius 1 is 1.12 bits per heavy atom. The van der Waals surface area contributed by atoms with Crippen LogP contribution in [0, 0.1) is 28.6 Å². The fraction of sp³-hybridized carbons (Fsp3) is 0.773. The lowest BCUT2D eigenvalue weighted by Gasteiger charge is -2.57. The summed E-state index contributed by atoms with van der Waals surface area (Å²) in [4.78, 5) is 0. The van der Waals surface area contributed by atoms with Gasteiger partial charge in [-0.05, 0) is 80.0 Å². The summed E-state index contributed by atoms with van der Waals surface area (Å²) in [5, 5.41) is 14.1. The molecule has 5 unspecified atom stereocenters. The van der Waals surface area contributed by atoms with Crippen LogP contribution in [-0.4, -0.2) is 16.4 Å². The van der Waals surface area contributed by atoms with E-state index in [0.29, 0.717) is 16.7 Å². The van der Waals surface area contributed by atoms with Gasteiger partial charge in [0.05, 0.1) is 12.3 Å². The Morgan fingerprint density at radius 2 is 2.00 bits per heavy atom. The molecule has 4 aliphatic carbocycles. The van der Waals surface area contributed by atoms with Gasteiger partial charge < -0.3 is 9.63 Å². The van der Waals surface area contributed by atoms with Crippen molar-refractivity contribution in [2.24, 2.45) is 28.6 Å². The van der Waals surface area contributed by atoms with E-state index in [2.05, 4.69) is 31.1 Å². The second kappa shape index (κ2) is 5.45. The summed E-state index contributed by atoms with van der Waals surface area (Å²) in [7, 11) is 0. The standard InChI is InChI=1S/C22H31NO2/c1-21-10-7-15(24)13-14(21)3-4-16-17-5-6-19(20-9-12-23-25-20)22(17,2)11-8-18(16)21/h3,9,12,15-19,24H,4-8,10-11,13H2,1-2H3/t15?,16?,17?,18?,19?,21-,22-/m0/s1. The maximum absolute atomic E-state index is 10.1. The maximum Gasteiger partial charge on any atom is 0.140 e. The van der Waals surface area contributed by atoms with Gasteiger partial charge in [-0.2, -0.15) is 0 Å². The minimum Gasteiger partial charge on any atom is -0.393 e. The molecule has 3 saturated carbocycles. The number of aliphatic hydroxyl groups excluding tert-OH is 1. The first kappa shape index (κ1) is 16.1. The van der Waals surface area contributed by atoms with E-state index < -0.39 is 0 Å². The highest BCUT2D eigenvalue weighted by Crippen LogP contribution is 2.67. The number of aromatic nitrogens is 1. The maximum atomic E-state index is 10.1. The molecular formula is C22H31NO2. The predicted molar refractivity (Wildman–Crippen MR) is 97.0 cm³/mol. The topological polar surface area (TPSA) is 46.3 Å². The molecule has 1 aromatic rings. The largest absolute Gasteiger partial charge is 0.393 e. The fourth-order valence-electron chi connectivity index (χ4n) is 7.51. The summed E-state index contributed by atoms with van der Waals surface area (Å²) in [5.41, 5.74) is 2.28. The van der Waals surface area contributed by atoms with Crippen molar-refractivity contribution in [1.29, 1.82) is 0 Å². The third kappa shape index (κ3) is 2.17. The van der Waals surface area contributed by atoms with Crippen LogP contribution in [0.3, 0.4) is 0 Å². The fourth-order valence-corrected chi connectivity index (χ4v) is 7.51. The van der Waals surface area contributed by atoms with Crippen molar-refractivity contribution in [2.45, 2.75) is 77.2 Å². The van der Waals surface area contributed by atoms with E-state index in [4.69, 9.17) is 4.52 Å². The molecule has 136 valence electrons. The Hall–Kier alpha value is -1.09. The average molecular weight is 341 g/mol. The number of hydrogen-bond donors (Lipinski definition) is 1. The highest BCUT2D eigenvalue weighted by Gasteiger charge is 2.59. The molecular weight excluding hydrogens is 310 g/mol. The highest BCUT2D eigenvalue weighted by atomic mass is 16.5. The molecule has 3 heteroatoms. The molecule has 3 fully saturated rings. The van der Waals surface area contributed by atoms with Gasteiger partial charge in [-0.15, -0.1) is 0 Å². The van der Waals surface area contributed by atoms with Gasteiger partial charge in [0.25, 0.3) is 0 Å². The number of hydrogen-bond acceptors (Lipinski definition) is 3. The number of nitrogens with zero attached hydrogens (tertiary/aromatic N) is 1. The molecule has 7 atom stereocenters. The third-order valence-corrected chi connectivity index (χ3v) is 8.88. The number of allylic oxidation sites excluding steroid dienone is 1. The first-order chi connectivity index (χ1) is 12.0. The second-order valence-corrected chi connectivity index (χ2v) is 9.75. The highest BCUT2D eigenvalue weighted by molar-refractivity contribution is 5.26. The summed E-state index contributed by atoms with van der Waals surface area (Å²) in [6, 6.07) is 2.09. The van der Waals surface area contributed by atoms with Crippen LogP contribution in [0.2, 0.25) is 0 Å². The van der Waals surface area contributed by atoms with Crippen LogP contribution in [-0.2, 0) is 0 Å². The second-order valence-electron chi connectivity index (χ2n) is 9.75. The van der Waals surface area contributed by atoms with Crippen LogP contribution in [0.15, 0.2) is 28.4 Å². The van der Waals surface area contributed by atoms with Gasteiger partial charge >= 0.3 is 0 Å². The van der Waals surface area contributed by atoms with E-state index in [0.717, 1.165) is 36.4 Å². The van der Waals surface area contributed by atoms with E-state index in [9.17, 15) is 5.11 Å². The summed E-state index contributed by atoms with van der Waals surface area (Å²) >= 11 is 0. The van der Waals surface area contributed by atoms with Crippen molar-refractivity contribution in [2.75, 3.05) is 0 Å². The molecule has 5 rings (SSSR count). The molecule has 0 aliphatic heterocycles. The van der Waals surface area contributed by atoms with Gasteiger partial charge in [0, 0.05) is 12.0 Å². The average Bonchev–Trinajstić information content (AvgIpc) is 3.22. The predicted octanol–water partition coefficient (Wildman–Crippen LogP) is 5.08. The lowest BCUT2D eigenvalue weighted by molar-refractivity contribution is -0.0428. The zero-order valence-corrected chi connectivity index (χ0v) is 15.6. The molecule has 0 bridgehead atoms. The molecule has 0 amide bonds. The number of rotatable bonds is 1. The molecule has 1 N–H and O–H groups in total. The molecule has 0 aromatic carbocycles. The van der Waals surface area contributed by atoms with Crippen molar-refractivity contribution in [3.8, 4) is 0 Å². The quantitative estimate of drug-likeness (QED) is 0.724. The molecule has 25 heavy (non-hydrogen) atoms. The van der Waals surface area contributed by atoms with E-state index in [1.54, 1.807) is 5.57 Å². The van der Waals surface area contributed by atoms with E-state index in [-0.39, 0.29) is 6.10 Å². The number of fused-ring (bicyclic) bond motifs is 5. The minimum absolute atomic E-state index is 0.105. The van der Waals surface area contributed by atoms with Crippen LogP contribution >= 0.6 is 0 Å². The molecule has 1 aromatic heterocycles. The van der Waals surface area contributed by atoms with Crippen LogP contribution in [0.5, 0.6) is 0 Å². The molecule has 0 spiro atoms. The molecule has 4 aliphatic rings. The Morgan fingerprint density at radius 3 is 2.80 bits per heavy atom. The SMILES string of the molecule is C[C@]12CCC3C(CC=C4CC(O)CC[C@@]43C)C1CCC2c1ccno1. The van der Waals surface area contributed by atoms with Gasteiger partial charge in [-0.25, -0.2) is 0 Å². The van der Waals surface area contributed by atoms with Gasteiger partial charge in [-0.1, -0.05) is 30.7 Å². The van der Waals surface area contributed by atoms with Gasteiger partial charge in [0.1, 0.15) is 5.76 Å². The zero-order chi connectivity index (χ0) is 17.2. The normalized spacial score (nSPS) is 49.1. The molecule has 0 saturated heterocycles. The summed E-state index contributed by atoms with van der Waals surface area (Å²) in [6.07, 6.45) is 13.8. The zero-order valence-electron chi connectivity index (χ0n) is 15.6. The Kier molecular flexibility index (Phi) is 3.51. The third-order valence-electron chi connectivity index (χ3n) is 8.88. The van der Waals surface area contributed by atoms with E-state index in [1.165, 1.54) is 38.5 Å². The molecule has 0 radical (unpaired) electrons. The van der Waals surface area contributed by atoms with E-state index >= 15 is 0 Å². The first-order valence-corrected chi connectivity index (χ1v) is 10.3. The summed E-state index contributed by atoms with van der Waals surface area (Å²) < 4.78 is 5.60. The van der Waals surface area contributed by atoms with Crippen molar-refractivity contribution >= 4 is 0 Å².